The van der Waals surface area contributed by atoms with Crippen LogP contribution in [0, 0.1) is 11.7 Å². The maximum atomic E-state index is 13.8. The average Bonchev–Trinajstić information content (AvgIpc) is 2.73. The third kappa shape index (κ3) is 3.13. The molecule has 0 saturated heterocycles. The minimum atomic E-state index is -3.84. The smallest absolute Gasteiger partial charge is 0.243 e. The van der Waals surface area contributed by atoms with Crippen molar-refractivity contribution >= 4 is 10.0 Å². The molecule has 0 aromatic heterocycles. The van der Waals surface area contributed by atoms with Gasteiger partial charge in [-0.05, 0) is 36.5 Å². The molecule has 2 rings (SSSR count). The molecule has 0 spiro atoms. The molecule has 0 bridgehead atoms. The van der Waals surface area contributed by atoms with Crippen LogP contribution >= 0.6 is 0 Å². The Morgan fingerprint density at radius 2 is 2.16 bits per heavy atom. The fraction of sp³-hybridized carbons (Fsp3) is 0.538. The van der Waals surface area contributed by atoms with E-state index in [1.165, 1.54) is 12.1 Å². The lowest BCUT2D eigenvalue weighted by atomic mass is 10.1. The van der Waals surface area contributed by atoms with Crippen LogP contribution in [0.25, 0.3) is 0 Å². The van der Waals surface area contributed by atoms with E-state index in [1.807, 2.05) is 6.92 Å². The van der Waals surface area contributed by atoms with Gasteiger partial charge in [0.2, 0.25) is 10.0 Å². The summed E-state index contributed by atoms with van der Waals surface area (Å²) < 4.78 is 40.6. The van der Waals surface area contributed by atoms with Crippen molar-refractivity contribution in [3.05, 3.63) is 29.6 Å². The molecule has 2 unspecified atom stereocenters. The summed E-state index contributed by atoms with van der Waals surface area (Å²) in [6, 6.07) is 3.53. The number of hydrogen-bond acceptors (Lipinski definition) is 3. The molecule has 0 amide bonds. The van der Waals surface area contributed by atoms with E-state index in [-0.39, 0.29) is 23.5 Å². The molecule has 1 aliphatic carbocycles. The van der Waals surface area contributed by atoms with E-state index in [4.69, 9.17) is 5.11 Å². The van der Waals surface area contributed by atoms with Crippen molar-refractivity contribution < 1.29 is 17.9 Å². The van der Waals surface area contributed by atoms with E-state index in [0.717, 1.165) is 25.3 Å². The molecule has 1 aromatic rings. The van der Waals surface area contributed by atoms with Gasteiger partial charge in [0.15, 0.2) is 0 Å². The normalized spacial score (nSPS) is 23.7. The van der Waals surface area contributed by atoms with Crippen LogP contribution in [-0.2, 0) is 16.6 Å². The number of aliphatic hydroxyl groups excluding tert-OH is 1. The second kappa shape index (κ2) is 5.56. The van der Waals surface area contributed by atoms with Gasteiger partial charge in [-0.1, -0.05) is 19.4 Å². The van der Waals surface area contributed by atoms with Crippen LogP contribution in [0.15, 0.2) is 23.1 Å². The molecular formula is C13H18FNO3S. The Hall–Kier alpha value is -0.980. The monoisotopic (exact) mass is 287 g/mol. The van der Waals surface area contributed by atoms with E-state index in [0.29, 0.717) is 5.56 Å². The fourth-order valence-electron chi connectivity index (χ4n) is 2.44. The van der Waals surface area contributed by atoms with Crippen molar-refractivity contribution in [2.24, 2.45) is 5.92 Å². The molecule has 1 aromatic carbocycles. The van der Waals surface area contributed by atoms with Crippen LogP contribution in [0.1, 0.15) is 31.7 Å². The van der Waals surface area contributed by atoms with Gasteiger partial charge in [0.25, 0.3) is 0 Å². The largest absolute Gasteiger partial charge is 0.392 e. The van der Waals surface area contributed by atoms with Crippen LogP contribution < -0.4 is 4.72 Å². The van der Waals surface area contributed by atoms with Crippen molar-refractivity contribution in [1.82, 2.24) is 4.72 Å². The predicted octanol–water partition coefficient (Wildman–Crippen LogP) is 1.78. The van der Waals surface area contributed by atoms with Crippen molar-refractivity contribution in [3.63, 3.8) is 0 Å². The molecule has 106 valence electrons. The highest BCUT2D eigenvalue weighted by Crippen LogP contribution is 2.27. The summed E-state index contributed by atoms with van der Waals surface area (Å²) in [5, 5.41) is 8.89. The summed E-state index contributed by atoms with van der Waals surface area (Å²) in [7, 11) is -3.84. The Balaban J connectivity index is 2.24. The molecule has 0 aliphatic heterocycles. The Morgan fingerprint density at radius 3 is 2.68 bits per heavy atom. The average molecular weight is 287 g/mol. The maximum Gasteiger partial charge on any atom is 0.243 e. The van der Waals surface area contributed by atoms with Crippen LogP contribution in [-0.4, -0.2) is 19.6 Å². The first-order valence-electron chi connectivity index (χ1n) is 6.35. The topological polar surface area (TPSA) is 66.4 Å². The zero-order valence-electron chi connectivity index (χ0n) is 10.8. The van der Waals surface area contributed by atoms with Crippen molar-refractivity contribution in [2.45, 2.75) is 43.7 Å². The van der Waals surface area contributed by atoms with Gasteiger partial charge in [-0.15, -0.1) is 0 Å². The lowest BCUT2D eigenvalue weighted by Gasteiger charge is -2.17. The van der Waals surface area contributed by atoms with Gasteiger partial charge in [0.05, 0.1) is 6.61 Å². The van der Waals surface area contributed by atoms with Crippen LogP contribution in [0.5, 0.6) is 0 Å². The molecule has 2 N–H and O–H groups in total. The number of aliphatic hydroxyl groups is 1. The Morgan fingerprint density at radius 1 is 1.42 bits per heavy atom. The van der Waals surface area contributed by atoms with Crippen LogP contribution in [0.4, 0.5) is 4.39 Å². The Labute approximate surface area is 112 Å². The lowest BCUT2D eigenvalue weighted by molar-refractivity contribution is 0.281. The zero-order chi connectivity index (χ0) is 14.0. The van der Waals surface area contributed by atoms with Crippen molar-refractivity contribution in [2.75, 3.05) is 0 Å². The minimum absolute atomic E-state index is 0.123. The molecule has 1 fully saturated rings. The summed E-state index contributed by atoms with van der Waals surface area (Å²) in [6.45, 7) is 1.68. The molecule has 0 heterocycles. The van der Waals surface area contributed by atoms with Gasteiger partial charge in [0, 0.05) is 6.04 Å². The van der Waals surface area contributed by atoms with Gasteiger partial charge in [-0.25, -0.2) is 17.5 Å². The van der Waals surface area contributed by atoms with Crippen LogP contribution in [0.3, 0.4) is 0 Å². The standard InChI is InChI=1S/C13H18FNO3S/c1-9-3-2-4-12(9)15-19(17,18)13-6-5-10(8-16)7-11(13)14/h5-7,9,12,15-16H,2-4,8H2,1H3. The molecule has 1 aliphatic rings. The number of sulfonamides is 1. The first-order valence-corrected chi connectivity index (χ1v) is 7.84. The summed E-state index contributed by atoms with van der Waals surface area (Å²) in [5.74, 6) is -0.556. The van der Waals surface area contributed by atoms with E-state index in [2.05, 4.69) is 4.72 Å². The Bertz CT molecular complexity index is 559. The molecule has 1 saturated carbocycles. The quantitative estimate of drug-likeness (QED) is 0.887. The molecule has 6 heteroatoms. The molecular weight excluding hydrogens is 269 g/mol. The number of rotatable bonds is 4. The summed E-state index contributed by atoms with van der Waals surface area (Å²) in [6.07, 6.45) is 2.76. The molecule has 4 nitrogen and oxygen atoms in total. The van der Waals surface area contributed by atoms with Crippen molar-refractivity contribution in [1.29, 1.82) is 0 Å². The Kier molecular flexibility index (Phi) is 4.23. The first kappa shape index (κ1) is 14.4. The van der Waals surface area contributed by atoms with Crippen LogP contribution in [0.2, 0.25) is 0 Å². The second-order valence-electron chi connectivity index (χ2n) is 5.06. The number of hydrogen-bond donors (Lipinski definition) is 2. The highest BCUT2D eigenvalue weighted by Gasteiger charge is 2.29. The van der Waals surface area contributed by atoms with E-state index >= 15 is 0 Å². The predicted molar refractivity (Wildman–Crippen MR) is 69.4 cm³/mol. The highest BCUT2D eigenvalue weighted by atomic mass is 32.2. The highest BCUT2D eigenvalue weighted by molar-refractivity contribution is 7.89. The van der Waals surface area contributed by atoms with E-state index in [9.17, 15) is 12.8 Å². The van der Waals surface area contributed by atoms with Gasteiger partial charge in [-0.3, -0.25) is 0 Å². The van der Waals surface area contributed by atoms with Gasteiger partial charge >= 0.3 is 0 Å². The van der Waals surface area contributed by atoms with E-state index in [1.54, 1.807) is 0 Å². The molecule has 0 radical (unpaired) electrons. The molecule has 2 atom stereocenters. The summed E-state index contributed by atoms with van der Waals surface area (Å²) in [5.41, 5.74) is 0.352. The van der Waals surface area contributed by atoms with Gasteiger partial charge in [0.1, 0.15) is 10.7 Å². The number of nitrogens with one attached hydrogen (secondary N) is 1. The second-order valence-corrected chi connectivity index (χ2v) is 6.74. The van der Waals surface area contributed by atoms with Crippen molar-refractivity contribution in [3.8, 4) is 0 Å². The third-order valence-electron chi connectivity index (χ3n) is 3.64. The van der Waals surface area contributed by atoms with Gasteiger partial charge in [-0.2, -0.15) is 0 Å². The fourth-order valence-corrected chi connectivity index (χ4v) is 3.88. The minimum Gasteiger partial charge on any atom is -0.392 e. The summed E-state index contributed by atoms with van der Waals surface area (Å²) >= 11 is 0. The summed E-state index contributed by atoms with van der Waals surface area (Å²) in [4.78, 5) is -0.358. The number of halogens is 1. The number of benzene rings is 1. The lowest BCUT2D eigenvalue weighted by Crippen LogP contribution is -2.36. The van der Waals surface area contributed by atoms with E-state index < -0.39 is 15.8 Å². The maximum absolute atomic E-state index is 13.8. The SMILES string of the molecule is CC1CCCC1NS(=O)(=O)c1ccc(CO)cc1F. The first-order chi connectivity index (χ1) is 8.94. The molecule has 19 heavy (non-hydrogen) atoms. The zero-order valence-corrected chi connectivity index (χ0v) is 11.6. The van der Waals surface area contributed by atoms with Gasteiger partial charge < -0.3 is 5.11 Å². The third-order valence-corrected chi connectivity index (χ3v) is 5.16.